The fourth-order valence-corrected chi connectivity index (χ4v) is 1.79. The third kappa shape index (κ3) is 4.50. The van der Waals surface area contributed by atoms with E-state index >= 15 is 0 Å². The molecule has 0 fully saturated rings. The van der Waals surface area contributed by atoms with Gasteiger partial charge < -0.3 is 14.5 Å². The van der Waals surface area contributed by atoms with Gasteiger partial charge in [-0.25, -0.2) is 4.39 Å². The van der Waals surface area contributed by atoms with Crippen molar-refractivity contribution in [2.75, 3.05) is 6.54 Å². The normalized spacial score (nSPS) is 11.6. The van der Waals surface area contributed by atoms with Crippen molar-refractivity contribution in [2.24, 2.45) is 0 Å². The molecule has 1 heterocycles. The van der Waals surface area contributed by atoms with Crippen LogP contribution in [0, 0.1) is 5.82 Å². The van der Waals surface area contributed by atoms with Gasteiger partial charge >= 0.3 is 5.97 Å². The number of furan rings is 1. The lowest BCUT2D eigenvalue weighted by Crippen LogP contribution is -2.33. The van der Waals surface area contributed by atoms with Crippen molar-refractivity contribution in [1.82, 2.24) is 5.32 Å². The van der Waals surface area contributed by atoms with E-state index in [-0.39, 0.29) is 11.3 Å². The first kappa shape index (κ1) is 16.4. The number of esters is 1. The Balaban J connectivity index is 1.83. The molecule has 23 heavy (non-hydrogen) atoms. The number of amides is 1. The van der Waals surface area contributed by atoms with Crippen LogP contribution in [0.4, 0.5) is 4.39 Å². The third-order valence-corrected chi connectivity index (χ3v) is 2.94. The number of hydrogen-bond donors (Lipinski definition) is 1. The van der Waals surface area contributed by atoms with Gasteiger partial charge in [0.2, 0.25) is 5.78 Å². The first-order chi connectivity index (χ1) is 11.0. The SMILES string of the molecule is C[C@@H](OC(=O)CNC(=O)c1ccco1)C(=O)c1ccc(F)cc1. The molecular formula is C16H14FNO5. The van der Waals surface area contributed by atoms with Crippen LogP contribution in [-0.4, -0.2) is 30.3 Å². The molecule has 0 saturated heterocycles. The summed E-state index contributed by atoms with van der Waals surface area (Å²) in [4.78, 5) is 35.2. The van der Waals surface area contributed by atoms with Crippen molar-refractivity contribution in [3.63, 3.8) is 0 Å². The minimum atomic E-state index is -1.05. The summed E-state index contributed by atoms with van der Waals surface area (Å²) < 4.78 is 22.6. The molecule has 0 saturated carbocycles. The lowest BCUT2D eigenvalue weighted by molar-refractivity contribution is -0.145. The summed E-state index contributed by atoms with van der Waals surface area (Å²) in [5.74, 6) is -2.20. The molecule has 2 rings (SSSR count). The van der Waals surface area contributed by atoms with Crippen LogP contribution in [0.5, 0.6) is 0 Å². The average molecular weight is 319 g/mol. The molecule has 2 aromatic rings. The molecule has 0 aliphatic carbocycles. The molecule has 0 spiro atoms. The van der Waals surface area contributed by atoms with Crippen molar-refractivity contribution < 1.29 is 27.9 Å². The van der Waals surface area contributed by atoms with Crippen LogP contribution in [0.1, 0.15) is 27.8 Å². The number of ether oxygens (including phenoxy) is 1. The lowest BCUT2D eigenvalue weighted by atomic mass is 10.1. The summed E-state index contributed by atoms with van der Waals surface area (Å²) in [7, 11) is 0. The Hall–Kier alpha value is -2.96. The van der Waals surface area contributed by atoms with Gasteiger partial charge in [0.05, 0.1) is 6.26 Å². The van der Waals surface area contributed by atoms with Gasteiger partial charge in [0.1, 0.15) is 12.4 Å². The zero-order valence-corrected chi connectivity index (χ0v) is 12.2. The van der Waals surface area contributed by atoms with Crippen LogP contribution in [-0.2, 0) is 9.53 Å². The largest absolute Gasteiger partial charge is 0.459 e. The van der Waals surface area contributed by atoms with Gasteiger partial charge in [-0.3, -0.25) is 14.4 Å². The van der Waals surface area contributed by atoms with Crippen molar-refractivity contribution in [3.05, 3.63) is 59.8 Å². The fourth-order valence-electron chi connectivity index (χ4n) is 1.79. The van der Waals surface area contributed by atoms with Gasteiger partial charge in [-0.05, 0) is 43.3 Å². The first-order valence-electron chi connectivity index (χ1n) is 6.78. The van der Waals surface area contributed by atoms with Crippen LogP contribution in [0.15, 0.2) is 47.1 Å². The van der Waals surface area contributed by atoms with Gasteiger partial charge in [0, 0.05) is 5.56 Å². The number of halogens is 1. The van der Waals surface area contributed by atoms with Crippen LogP contribution in [0.2, 0.25) is 0 Å². The second-order valence-corrected chi connectivity index (χ2v) is 4.66. The maximum Gasteiger partial charge on any atom is 0.326 e. The van der Waals surface area contributed by atoms with Crippen molar-refractivity contribution in [1.29, 1.82) is 0 Å². The predicted octanol–water partition coefficient (Wildman–Crippen LogP) is 1.96. The average Bonchev–Trinajstić information content (AvgIpc) is 3.07. The highest BCUT2D eigenvalue weighted by molar-refractivity contribution is 6.00. The van der Waals surface area contributed by atoms with E-state index < -0.39 is 36.1 Å². The second kappa shape index (κ2) is 7.35. The van der Waals surface area contributed by atoms with Crippen LogP contribution >= 0.6 is 0 Å². The molecule has 1 atom stereocenters. The van der Waals surface area contributed by atoms with E-state index in [0.717, 1.165) is 12.1 Å². The van der Waals surface area contributed by atoms with Gasteiger partial charge in [-0.1, -0.05) is 0 Å². The Bertz CT molecular complexity index is 694. The standard InChI is InChI=1S/C16H14FNO5/c1-10(15(20)11-4-6-12(17)7-5-11)23-14(19)9-18-16(21)13-3-2-8-22-13/h2-8,10H,9H2,1H3,(H,18,21)/t10-/m1/s1. The molecule has 6 nitrogen and oxygen atoms in total. The zero-order valence-electron chi connectivity index (χ0n) is 12.2. The van der Waals surface area contributed by atoms with E-state index in [2.05, 4.69) is 5.32 Å². The third-order valence-electron chi connectivity index (χ3n) is 2.94. The highest BCUT2D eigenvalue weighted by Crippen LogP contribution is 2.08. The van der Waals surface area contributed by atoms with E-state index in [9.17, 15) is 18.8 Å². The van der Waals surface area contributed by atoms with Crippen molar-refractivity contribution in [3.8, 4) is 0 Å². The van der Waals surface area contributed by atoms with E-state index in [1.165, 1.54) is 37.5 Å². The maximum atomic E-state index is 12.8. The molecule has 7 heteroatoms. The highest BCUT2D eigenvalue weighted by atomic mass is 19.1. The number of Topliss-reactive ketones (excluding diaryl/α,β-unsaturated/α-hetero) is 1. The van der Waals surface area contributed by atoms with Gasteiger partial charge in [-0.2, -0.15) is 0 Å². The van der Waals surface area contributed by atoms with Gasteiger partial charge in [0.15, 0.2) is 11.9 Å². The molecule has 1 aromatic carbocycles. The molecule has 0 aliphatic heterocycles. The Kier molecular flexibility index (Phi) is 5.24. The summed E-state index contributed by atoms with van der Waals surface area (Å²) in [6, 6.07) is 7.89. The number of rotatable bonds is 6. The van der Waals surface area contributed by atoms with Crippen LogP contribution in [0.25, 0.3) is 0 Å². The maximum absolute atomic E-state index is 12.8. The summed E-state index contributed by atoms with van der Waals surface area (Å²) in [6.45, 7) is 0.999. The van der Waals surface area contributed by atoms with E-state index in [1.807, 2.05) is 0 Å². The Morgan fingerprint density at radius 1 is 1.22 bits per heavy atom. The molecule has 0 unspecified atom stereocenters. The van der Waals surface area contributed by atoms with E-state index in [4.69, 9.17) is 9.15 Å². The fraction of sp³-hybridized carbons (Fsp3) is 0.188. The number of benzene rings is 1. The van der Waals surface area contributed by atoms with Crippen LogP contribution < -0.4 is 5.32 Å². The highest BCUT2D eigenvalue weighted by Gasteiger charge is 2.20. The number of ketones is 1. The summed E-state index contributed by atoms with van der Waals surface area (Å²) in [5.41, 5.74) is 0.228. The van der Waals surface area contributed by atoms with Crippen LogP contribution in [0.3, 0.4) is 0 Å². The second-order valence-electron chi connectivity index (χ2n) is 4.66. The molecular weight excluding hydrogens is 305 g/mol. The summed E-state index contributed by atoms with van der Waals surface area (Å²) >= 11 is 0. The lowest BCUT2D eigenvalue weighted by Gasteiger charge is -2.12. The topological polar surface area (TPSA) is 85.6 Å². The number of carbonyl (C=O) groups excluding carboxylic acids is 3. The van der Waals surface area contributed by atoms with Crippen molar-refractivity contribution >= 4 is 17.7 Å². The Morgan fingerprint density at radius 2 is 1.91 bits per heavy atom. The summed E-state index contributed by atoms with van der Waals surface area (Å²) in [6.07, 6.45) is 0.282. The smallest absolute Gasteiger partial charge is 0.326 e. The van der Waals surface area contributed by atoms with E-state index in [1.54, 1.807) is 0 Å². The Morgan fingerprint density at radius 3 is 2.52 bits per heavy atom. The molecule has 120 valence electrons. The Labute approximate surface area is 131 Å². The summed E-state index contributed by atoms with van der Waals surface area (Å²) in [5, 5.41) is 2.31. The molecule has 0 aliphatic rings. The molecule has 1 aromatic heterocycles. The van der Waals surface area contributed by atoms with Crippen molar-refractivity contribution in [2.45, 2.75) is 13.0 Å². The molecule has 1 N–H and O–H groups in total. The number of carbonyl (C=O) groups is 3. The van der Waals surface area contributed by atoms with Gasteiger partial charge in [-0.15, -0.1) is 0 Å². The molecule has 1 amide bonds. The minimum absolute atomic E-state index is 0.0632. The van der Waals surface area contributed by atoms with E-state index in [0.29, 0.717) is 0 Å². The minimum Gasteiger partial charge on any atom is -0.459 e. The quantitative estimate of drug-likeness (QED) is 0.650. The van der Waals surface area contributed by atoms with Gasteiger partial charge in [0.25, 0.3) is 5.91 Å². The first-order valence-corrected chi connectivity index (χ1v) is 6.78. The molecule has 0 radical (unpaired) electrons. The molecule has 0 bridgehead atoms. The monoisotopic (exact) mass is 319 g/mol. The predicted molar refractivity (Wildman–Crippen MR) is 77.3 cm³/mol. The number of hydrogen-bond acceptors (Lipinski definition) is 5. The zero-order chi connectivity index (χ0) is 16.8. The number of nitrogens with one attached hydrogen (secondary N) is 1.